The monoisotopic (exact) mass is 498 g/mol. The Bertz CT molecular complexity index is 637. The molecule has 0 atom stereocenters. The summed E-state index contributed by atoms with van der Waals surface area (Å²) in [5, 5.41) is 61.7. The topological polar surface area (TPSA) is 281 Å². The molecule has 0 heterocycles. The van der Waals surface area contributed by atoms with Crippen LogP contribution in [0.2, 0.25) is 0 Å². The summed E-state index contributed by atoms with van der Waals surface area (Å²) >= 11 is 0. The maximum atomic E-state index is 10.2. The minimum Gasteiger partial charge on any atom is -0.508 e. The zero-order chi connectivity index (χ0) is 29.0. The van der Waals surface area contributed by atoms with Crippen LogP contribution < -0.4 is 0 Å². The first kappa shape index (κ1) is 43.2. The van der Waals surface area contributed by atoms with Crippen LogP contribution in [-0.2, 0) is 28.8 Å². The van der Waals surface area contributed by atoms with Crippen molar-refractivity contribution in [2.75, 3.05) is 0 Å². The average molecular weight is 498 g/mol. The summed E-state index contributed by atoms with van der Waals surface area (Å²) in [4.78, 5) is 64.2. The van der Waals surface area contributed by atoms with Gasteiger partial charge in [0.25, 0.3) is 35.8 Å². The Morgan fingerprint density at radius 2 is 0.706 bits per heavy atom. The van der Waals surface area contributed by atoms with Crippen LogP contribution in [0.15, 0.2) is 24.3 Å². The minimum atomic E-state index is -1.03. The molecule has 1 aromatic carbocycles. The molecule has 0 spiro atoms. The van der Waals surface area contributed by atoms with Crippen LogP contribution >= 0.6 is 0 Å². The summed E-state index contributed by atoms with van der Waals surface area (Å²) in [6.07, 6.45) is 0. The molecule has 0 saturated carbocycles. The van der Waals surface area contributed by atoms with Crippen LogP contribution in [0, 0.1) is 0 Å². The number of carboxylic acid groups (broad SMARTS) is 7. The van der Waals surface area contributed by atoms with Gasteiger partial charge in [-0.2, -0.15) is 0 Å². The van der Waals surface area contributed by atoms with Crippen LogP contribution in [0.25, 0.3) is 0 Å². The number of phenolic OH excluding ortho intramolecular Hbond substituents is 1. The Labute approximate surface area is 194 Å². The molecule has 0 bridgehead atoms. The van der Waals surface area contributed by atoms with Crippen molar-refractivity contribution in [3.05, 3.63) is 29.8 Å². The minimum absolute atomic E-state index is 0.0279. The molecule has 0 aliphatic carbocycles. The van der Waals surface area contributed by atoms with Gasteiger partial charge in [0.1, 0.15) is 5.75 Å². The van der Waals surface area contributed by atoms with Crippen molar-refractivity contribution >= 4 is 41.8 Å². The zero-order valence-electron chi connectivity index (χ0n) is 19.2. The van der Waals surface area contributed by atoms with Gasteiger partial charge in [-0.05, 0) is 18.2 Å². The van der Waals surface area contributed by atoms with E-state index >= 15 is 0 Å². The Morgan fingerprint density at radius 1 is 0.500 bits per heavy atom. The molecule has 0 aromatic heterocycles. The van der Waals surface area contributed by atoms with Gasteiger partial charge >= 0.3 is 5.97 Å². The van der Waals surface area contributed by atoms with Crippen molar-refractivity contribution < 1.29 is 74.4 Å². The van der Waals surface area contributed by atoms with E-state index in [4.69, 9.17) is 69.6 Å². The lowest BCUT2D eigenvalue weighted by atomic mass is 10.2. The quantitative estimate of drug-likeness (QED) is 0.273. The number of aromatic carboxylic acids is 1. The molecule has 8 N–H and O–H groups in total. The summed E-state index contributed by atoms with van der Waals surface area (Å²) in [5.41, 5.74) is 0.0972. The third kappa shape index (κ3) is 218. The van der Waals surface area contributed by atoms with E-state index in [1.807, 2.05) is 0 Å². The van der Waals surface area contributed by atoms with Gasteiger partial charge in [-0.3, -0.25) is 28.8 Å². The first-order valence-corrected chi connectivity index (χ1v) is 8.29. The second-order valence-electron chi connectivity index (χ2n) is 4.97. The van der Waals surface area contributed by atoms with Gasteiger partial charge in [-0.25, -0.2) is 4.79 Å². The van der Waals surface area contributed by atoms with Crippen molar-refractivity contribution in [3.63, 3.8) is 0 Å². The van der Waals surface area contributed by atoms with Crippen LogP contribution in [0.1, 0.15) is 51.9 Å². The highest BCUT2D eigenvalue weighted by Crippen LogP contribution is 2.09. The molecule has 0 fully saturated rings. The van der Waals surface area contributed by atoms with E-state index in [9.17, 15) is 4.79 Å². The number of phenols is 1. The fourth-order valence-corrected chi connectivity index (χ4v) is 0.639. The number of hydrogen-bond donors (Lipinski definition) is 8. The fraction of sp³-hybridized carbons (Fsp3) is 0.316. The number of aromatic hydroxyl groups is 1. The van der Waals surface area contributed by atoms with Crippen molar-refractivity contribution in [2.45, 2.75) is 41.5 Å². The van der Waals surface area contributed by atoms with E-state index in [0.29, 0.717) is 0 Å². The molecule has 15 nitrogen and oxygen atoms in total. The maximum Gasteiger partial charge on any atom is 0.335 e. The third-order valence-corrected chi connectivity index (χ3v) is 1.09. The smallest absolute Gasteiger partial charge is 0.335 e. The van der Waals surface area contributed by atoms with Crippen LogP contribution in [0.3, 0.4) is 0 Å². The number of rotatable bonds is 1. The largest absolute Gasteiger partial charge is 0.508 e. The highest BCUT2D eigenvalue weighted by Gasteiger charge is 2.00. The Morgan fingerprint density at radius 3 is 0.824 bits per heavy atom. The van der Waals surface area contributed by atoms with Gasteiger partial charge < -0.3 is 40.9 Å². The normalized spacial score (nSPS) is 7.12. The van der Waals surface area contributed by atoms with Crippen molar-refractivity contribution in [1.29, 1.82) is 0 Å². The molecule has 0 amide bonds. The van der Waals surface area contributed by atoms with Crippen molar-refractivity contribution in [1.82, 2.24) is 0 Å². The van der Waals surface area contributed by atoms with Crippen molar-refractivity contribution in [3.8, 4) is 5.75 Å². The molecule has 196 valence electrons. The van der Waals surface area contributed by atoms with Gasteiger partial charge in [0.15, 0.2) is 0 Å². The van der Waals surface area contributed by atoms with E-state index in [-0.39, 0.29) is 11.3 Å². The summed E-state index contributed by atoms with van der Waals surface area (Å²) in [6.45, 7) is 6.50. The number of carboxylic acids is 7. The molecule has 0 aliphatic rings. The standard InChI is InChI=1S/C7H6O3.6C2H4O2/c8-6-3-1-2-5(4-6)7(9)10;6*1-2(3)4/h1-4,8H,(H,9,10);6*1H3,(H,3,4). The second kappa shape index (κ2) is 30.5. The molecule has 0 saturated heterocycles. The van der Waals surface area contributed by atoms with E-state index < -0.39 is 41.8 Å². The molecule has 1 aromatic rings. The van der Waals surface area contributed by atoms with Gasteiger partial charge in [0, 0.05) is 41.5 Å². The molecule has 0 radical (unpaired) electrons. The Kier molecular flexibility index (Phi) is 38.8. The van der Waals surface area contributed by atoms with Crippen LogP contribution in [0.4, 0.5) is 0 Å². The predicted molar refractivity (Wildman–Crippen MR) is 115 cm³/mol. The second-order valence-corrected chi connectivity index (χ2v) is 4.97. The molecule has 15 heteroatoms. The van der Waals surface area contributed by atoms with Gasteiger partial charge in [0.05, 0.1) is 5.56 Å². The van der Waals surface area contributed by atoms with E-state index in [1.165, 1.54) is 24.3 Å². The van der Waals surface area contributed by atoms with Gasteiger partial charge in [0.2, 0.25) is 0 Å². The van der Waals surface area contributed by atoms with Crippen molar-refractivity contribution in [2.24, 2.45) is 0 Å². The first-order valence-electron chi connectivity index (χ1n) is 8.29. The first-order chi connectivity index (χ1) is 15.1. The van der Waals surface area contributed by atoms with E-state index in [1.54, 1.807) is 0 Å². The molecule has 0 unspecified atom stereocenters. The third-order valence-electron chi connectivity index (χ3n) is 1.09. The summed E-state index contributed by atoms with van der Waals surface area (Å²) < 4.78 is 0. The maximum absolute atomic E-state index is 10.2. The molecular formula is C19H30O15. The van der Waals surface area contributed by atoms with Gasteiger partial charge in [-0.15, -0.1) is 0 Å². The van der Waals surface area contributed by atoms with E-state index in [2.05, 4.69) is 0 Å². The lowest BCUT2D eigenvalue weighted by molar-refractivity contribution is -0.135. The zero-order valence-corrected chi connectivity index (χ0v) is 19.2. The van der Waals surface area contributed by atoms with E-state index in [0.717, 1.165) is 41.5 Å². The lowest BCUT2D eigenvalue weighted by Crippen LogP contribution is -1.94. The highest BCUT2D eigenvalue weighted by atomic mass is 16.4. The number of benzene rings is 1. The Balaban J connectivity index is -0.0000000712. The summed E-state index contributed by atoms with van der Waals surface area (Å²) in [5.74, 6) is -6.06. The molecular weight excluding hydrogens is 468 g/mol. The van der Waals surface area contributed by atoms with Crippen LogP contribution in [0.5, 0.6) is 5.75 Å². The van der Waals surface area contributed by atoms with Gasteiger partial charge in [-0.1, -0.05) is 6.07 Å². The SMILES string of the molecule is CC(=O)O.CC(=O)O.CC(=O)O.CC(=O)O.CC(=O)O.CC(=O)O.O=C(O)c1cccc(O)c1. The average Bonchev–Trinajstić information content (AvgIpc) is 2.51. The lowest BCUT2D eigenvalue weighted by Gasteiger charge is -1.92. The molecule has 1 rings (SSSR count). The predicted octanol–water partition coefficient (Wildman–Crippen LogP) is 1.64. The fourth-order valence-electron chi connectivity index (χ4n) is 0.639. The number of hydrogen-bond acceptors (Lipinski definition) is 8. The highest BCUT2D eigenvalue weighted by molar-refractivity contribution is 5.87. The Hall–Kier alpha value is -4.69. The van der Waals surface area contributed by atoms with Crippen LogP contribution in [-0.4, -0.2) is 82.6 Å². The number of carbonyl (C=O) groups is 7. The summed E-state index contributed by atoms with van der Waals surface area (Å²) in [6, 6.07) is 5.52. The molecule has 34 heavy (non-hydrogen) atoms. The summed E-state index contributed by atoms with van der Waals surface area (Å²) in [7, 11) is 0. The molecule has 0 aliphatic heterocycles. The number of aliphatic carboxylic acids is 6.